The number of nitro benzene ring substituents is 1. The Kier molecular flexibility index (Phi) is 4.37. The van der Waals surface area contributed by atoms with Crippen molar-refractivity contribution < 1.29 is 4.92 Å². The molecule has 1 aliphatic rings. The summed E-state index contributed by atoms with van der Waals surface area (Å²) in [7, 11) is 0. The number of benzene rings is 1. The van der Waals surface area contributed by atoms with Crippen molar-refractivity contribution in [2.45, 2.75) is 25.3 Å². The minimum Gasteiger partial charge on any atom is -0.377 e. The summed E-state index contributed by atoms with van der Waals surface area (Å²) in [5, 5.41) is 14.8. The molecule has 3 rings (SSSR count). The topological polar surface area (TPSA) is 55.2 Å². The molecule has 7 heteroatoms. The lowest BCUT2D eigenvalue weighted by molar-refractivity contribution is -0.384. The van der Waals surface area contributed by atoms with Gasteiger partial charge in [0.1, 0.15) is 0 Å². The zero-order valence-electron chi connectivity index (χ0n) is 10.9. The van der Waals surface area contributed by atoms with Crippen molar-refractivity contribution in [2.24, 2.45) is 0 Å². The molecule has 1 unspecified atom stereocenters. The van der Waals surface area contributed by atoms with Crippen LogP contribution in [-0.2, 0) is 6.42 Å². The molecule has 0 aliphatic heterocycles. The van der Waals surface area contributed by atoms with E-state index in [1.165, 1.54) is 25.5 Å². The quantitative estimate of drug-likeness (QED) is 0.399. The average Bonchev–Trinajstić information content (AvgIpc) is 2.82. The number of aryl methyl sites for hydroxylation is 1. The van der Waals surface area contributed by atoms with Crippen LogP contribution in [0, 0.1) is 13.0 Å². The Hall–Kier alpha value is -0.860. The van der Waals surface area contributed by atoms with E-state index < -0.39 is 4.92 Å². The van der Waals surface area contributed by atoms with Gasteiger partial charge in [0.15, 0.2) is 0 Å². The van der Waals surface area contributed by atoms with E-state index in [9.17, 15) is 10.1 Å². The monoisotopic (exact) mass is 434 g/mol. The van der Waals surface area contributed by atoms with Gasteiger partial charge in [0.05, 0.1) is 24.6 Å². The number of hydrogen-bond donors (Lipinski definition) is 1. The molecule has 1 heterocycles. The number of halogens is 2. The maximum absolute atomic E-state index is 10.9. The van der Waals surface area contributed by atoms with Crippen molar-refractivity contribution in [1.29, 1.82) is 0 Å². The van der Waals surface area contributed by atoms with E-state index in [0.717, 1.165) is 19.3 Å². The van der Waals surface area contributed by atoms with Crippen LogP contribution in [-0.4, -0.2) is 4.92 Å². The maximum atomic E-state index is 10.9. The van der Waals surface area contributed by atoms with E-state index in [4.69, 9.17) is 11.6 Å². The second-order valence-electron chi connectivity index (χ2n) is 4.94. The predicted molar refractivity (Wildman–Crippen MR) is 94.4 cm³/mol. The molecule has 0 fully saturated rings. The predicted octanol–water partition coefficient (Wildman–Crippen LogP) is 5.40. The molecule has 4 nitrogen and oxygen atoms in total. The molecule has 21 heavy (non-hydrogen) atoms. The van der Waals surface area contributed by atoms with Crippen LogP contribution in [0.1, 0.15) is 29.3 Å². The molecule has 1 aliphatic carbocycles. The average molecular weight is 435 g/mol. The minimum atomic E-state index is -0.401. The minimum absolute atomic E-state index is 0.0535. The van der Waals surface area contributed by atoms with E-state index in [-0.39, 0.29) is 11.7 Å². The molecule has 1 aromatic carbocycles. The zero-order valence-corrected chi connectivity index (χ0v) is 14.7. The number of nitrogens with one attached hydrogen (secondary N) is 1. The van der Waals surface area contributed by atoms with Gasteiger partial charge in [-0.3, -0.25) is 10.1 Å². The van der Waals surface area contributed by atoms with Crippen molar-refractivity contribution in [3.05, 3.63) is 52.7 Å². The third-order valence-electron chi connectivity index (χ3n) is 3.57. The van der Waals surface area contributed by atoms with Gasteiger partial charge >= 0.3 is 0 Å². The van der Waals surface area contributed by atoms with E-state index in [1.54, 1.807) is 6.07 Å². The molecule has 0 saturated heterocycles. The van der Waals surface area contributed by atoms with Crippen LogP contribution in [0.25, 0.3) is 0 Å². The van der Waals surface area contributed by atoms with Crippen LogP contribution in [0.5, 0.6) is 0 Å². The fraction of sp³-hybridized carbons (Fsp3) is 0.286. The standard InChI is InChI=1S/C14H12ClIN2O2S/c15-10-5-4-8(18(19)20)6-12(10)17-11-2-1-3-13-9(11)7-14(16)21-13/h4-7,11,17H,1-3H2. The first-order chi connectivity index (χ1) is 10.0. The molecule has 110 valence electrons. The Morgan fingerprint density at radius 3 is 3.00 bits per heavy atom. The summed E-state index contributed by atoms with van der Waals surface area (Å²) in [6, 6.07) is 6.88. The second kappa shape index (κ2) is 6.10. The molecular formula is C14H12ClIN2O2S. The highest BCUT2D eigenvalue weighted by atomic mass is 127. The lowest BCUT2D eigenvalue weighted by atomic mass is 9.94. The van der Waals surface area contributed by atoms with Crippen LogP contribution in [0.15, 0.2) is 24.3 Å². The van der Waals surface area contributed by atoms with Gasteiger partial charge in [0.25, 0.3) is 5.69 Å². The van der Waals surface area contributed by atoms with Gasteiger partial charge in [-0.1, -0.05) is 11.6 Å². The summed E-state index contributed by atoms with van der Waals surface area (Å²) >= 11 is 10.3. The maximum Gasteiger partial charge on any atom is 0.271 e. The van der Waals surface area contributed by atoms with Gasteiger partial charge in [-0.2, -0.15) is 0 Å². The Labute approximate surface area is 144 Å². The normalized spacial score (nSPS) is 17.3. The lowest BCUT2D eigenvalue weighted by Crippen LogP contribution is -2.15. The van der Waals surface area contributed by atoms with E-state index in [1.807, 2.05) is 11.3 Å². The third kappa shape index (κ3) is 3.17. The summed E-state index contributed by atoms with van der Waals surface area (Å²) in [4.78, 5) is 11.9. The summed E-state index contributed by atoms with van der Waals surface area (Å²) in [5.41, 5.74) is 1.99. The number of hydrogen-bond acceptors (Lipinski definition) is 4. The SMILES string of the molecule is O=[N+]([O-])c1ccc(Cl)c(NC2CCCc3sc(I)cc32)c1. The molecule has 0 saturated carbocycles. The van der Waals surface area contributed by atoms with Crippen molar-refractivity contribution >= 4 is 56.9 Å². The molecule has 0 spiro atoms. The molecule has 1 N–H and O–H groups in total. The first-order valence-corrected chi connectivity index (χ1v) is 8.80. The second-order valence-corrected chi connectivity index (χ2v) is 8.38. The van der Waals surface area contributed by atoms with Crippen molar-refractivity contribution in [1.82, 2.24) is 0 Å². The highest BCUT2D eigenvalue weighted by Gasteiger charge is 2.23. The van der Waals surface area contributed by atoms with Crippen LogP contribution < -0.4 is 5.32 Å². The Balaban J connectivity index is 1.91. The molecule has 0 radical (unpaired) electrons. The number of rotatable bonds is 3. The first-order valence-electron chi connectivity index (χ1n) is 6.53. The van der Waals surface area contributed by atoms with Gasteiger partial charge in [-0.25, -0.2) is 0 Å². The number of nitrogens with zero attached hydrogens (tertiary/aromatic N) is 1. The molecule has 1 atom stereocenters. The number of non-ortho nitro benzene ring substituents is 1. The van der Waals surface area contributed by atoms with E-state index >= 15 is 0 Å². The Morgan fingerprint density at radius 1 is 1.43 bits per heavy atom. The summed E-state index contributed by atoms with van der Waals surface area (Å²) in [6.45, 7) is 0. The lowest BCUT2D eigenvalue weighted by Gasteiger charge is -2.25. The van der Waals surface area contributed by atoms with Gasteiger partial charge in [-0.15, -0.1) is 11.3 Å². The van der Waals surface area contributed by atoms with E-state index in [2.05, 4.69) is 34.0 Å². The van der Waals surface area contributed by atoms with Crippen molar-refractivity contribution in [3.63, 3.8) is 0 Å². The van der Waals surface area contributed by atoms with Crippen LogP contribution in [0.3, 0.4) is 0 Å². The van der Waals surface area contributed by atoms with Gasteiger partial charge in [-0.05, 0) is 59.5 Å². The number of thiophene rings is 1. The Bertz CT molecular complexity index is 704. The number of anilines is 1. The van der Waals surface area contributed by atoms with Crippen molar-refractivity contribution in [2.75, 3.05) is 5.32 Å². The number of fused-ring (bicyclic) bond motifs is 1. The van der Waals surface area contributed by atoms with Gasteiger partial charge in [0.2, 0.25) is 0 Å². The van der Waals surface area contributed by atoms with Crippen LogP contribution in [0.4, 0.5) is 11.4 Å². The Morgan fingerprint density at radius 2 is 2.24 bits per heavy atom. The number of nitro groups is 1. The van der Waals surface area contributed by atoms with Crippen molar-refractivity contribution in [3.8, 4) is 0 Å². The molecule has 0 amide bonds. The van der Waals surface area contributed by atoms with Crippen LogP contribution >= 0.6 is 45.5 Å². The smallest absolute Gasteiger partial charge is 0.271 e. The summed E-state index contributed by atoms with van der Waals surface area (Å²) < 4.78 is 1.27. The largest absolute Gasteiger partial charge is 0.377 e. The van der Waals surface area contributed by atoms with Crippen LogP contribution in [0.2, 0.25) is 5.02 Å². The fourth-order valence-corrected chi connectivity index (χ4v) is 4.89. The third-order valence-corrected chi connectivity index (χ3v) is 5.87. The molecule has 1 aromatic heterocycles. The fourth-order valence-electron chi connectivity index (χ4n) is 2.60. The summed E-state index contributed by atoms with van der Waals surface area (Å²) in [6.07, 6.45) is 3.25. The van der Waals surface area contributed by atoms with Gasteiger partial charge < -0.3 is 5.32 Å². The molecule has 0 bridgehead atoms. The highest BCUT2D eigenvalue weighted by Crippen LogP contribution is 2.39. The first kappa shape index (κ1) is 15.1. The molecular weight excluding hydrogens is 423 g/mol. The van der Waals surface area contributed by atoms with E-state index in [0.29, 0.717) is 10.7 Å². The summed E-state index contributed by atoms with van der Waals surface area (Å²) in [5.74, 6) is 0. The van der Waals surface area contributed by atoms with Gasteiger partial charge in [0, 0.05) is 17.0 Å². The highest BCUT2D eigenvalue weighted by molar-refractivity contribution is 14.1. The zero-order chi connectivity index (χ0) is 15.0. The molecule has 2 aromatic rings.